The molecule has 1 aromatic rings. The lowest BCUT2D eigenvalue weighted by Crippen LogP contribution is -2.41. The highest BCUT2D eigenvalue weighted by Crippen LogP contribution is 2.15. The Morgan fingerprint density at radius 3 is 2.45 bits per heavy atom. The minimum atomic E-state index is -3.98. The van der Waals surface area contributed by atoms with Crippen molar-refractivity contribution in [2.75, 3.05) is 45.3 Å². The summed E-state index contributed by atoms with van der Waals surface area (Å²) in [5.41, 5.74) is 0.468. The van der Waals surface area contributed by atoms with Gasteiger partial charge < -0.3 is 14.8 Å². The minimum absolute atomic E-state index is 0.0137. The Labute approximate surface area is 170 Å². The summed E-state index contributed by atoms with van der Waals surface area (Å²) in [6, 6.07) is 4.48. The van der Waals surface area contributed by atoms with E-state index >= 15 is 0 Å². The van der Waals surface area contributed by atoms with Crippen LogP contribution < -0.4 is 10.0 Å². The number of carbonyl (C=O) groups excluding carboxylic acids is 2. The maximum Gasteiger partial charge on any atom is 0.324 e. The fourth-order valence-corrected chi connectivity index (χ4v) is 3.78. The largest absolute Gasteiger partial charge is 0.468 e. The van der Waals surface area contributed by atoms with E-state index in [9.17, 15) is 18.0 Å². The van der Waals surface area contributed by atoms with Gasteiger partial charge in [0, 0.05) is 32.1 Å². The van der Waals surface area contributed by atoms with Gasteiger partial charge in [0.15, 0.2) is 0 Å². The summed E-state index contributed by atoms with van der Waals surface area (Å²) in [6.45, 7) is 4.77. The molecule has 0 aromatic heterocycles. The third kappa shape index (κ3) is 7.47. The molecule has 1 atom stereocenters. The third-order valence-corrected chi connectivity index (χ3v) is 5.59. The van der Waals surface area contributed by atoms with Gasteiger partial charge in [0.05, 0.1) is 31.8 Å². The molecule has 158 valence electrons. The van der Waals surface area contributed by atoms with E-state index < -0.39 is 22.0 Å². The van der Waals surface area contributed by atoms with Crippen molar-refractivity contribution in [1.82, 2.24) is 9.62 Å². The molecule has 1 saturated heterocycles. The standard InChI is InChI=1S/C19H25N3O6S/c1-15(23)20-16-6-8-17(9-7-16)29(25,26)21-18(19(24)27-2)5-3-4-10-22-11-13-28-14-12-22/h6-9,18,21H,5,10-14H2,1-2H3,(H,20,23). The van der Waals surface area contributed by atoms with Gasteiger partial charge in [-0.2, -0.15) is 4.72 Å². The van der Waals surface area contributed by atoms with Crippen LogP contribution in [0.3, 0.4) is 0 Å². The van der Waals surface area contributed by atoms with Crippen LogP contribution in [-0.4, -0.2) is 71.2 Å². The molecule has 0 bridgehead atoms. The number of anilines is 1. The van der Waals surface area contributed by atoms with Gasteiger partial charge >= 0.3 is 5.97 Å². The predicted octanol–water partition coefficient (Wildman–Crippen LogP) is 0.191. The Bertz CT molecular complexity index is 867. The van der Waals surface area contributed by atoms with Crippen molar-refractivity contribution in [3.63, 3.8) is 0 Å². The van der Waals surface area contributed by atoms with Gasteiger partial charge in [-0.1, -0.05) is 11.8 Å². The van der Waals surface area contributed by atoms with Crippen LogP contribution in [0.15, 0.2) is 29.2 Å². The topological polar surface area (TPSA) is 114 Å². The quantitative estimate of drug-likeness (QED) is 0.475. The first-order chi connectivity index (χ1) is 13.8. The van der Waals surface area contributed by atoms with Crippen LogP contribution in [0.5, 0.6) is 0 Å². The highest BCUT2D eigenvalue weighted by molar-refractivity contribution is 7.89. The van der Waals surface area contributed by atoms with Gasteiger partial charge in [-0.05, 0) is 24.3 Å². The Morgan fingerprint density at radius 2 is 1.86 bits per heavy atom. The highest BCUT2D eigenvalue weighted by Gasteiger charge is 2.25. The number of ether oxygens (including phenoxy) is 2. The van der Waals surface area contributed by atoms with Gasteiger partial charge in [-0.25, -0.2) is 8.42 Å². The molecule has 0 aliphatic carbocycles. The number of nitrogens with one attached hydrogen (secondary N) is 2. The van der Waals surface area contributed by atoms with E-state index in [2.05, 4.69) is 26.8 Å². The molecular weight excluding hydrogens is 398 g/mol. The first-order valence-electron chi connectivity index (χ1n) is 9.05. The number of hydrogen-bond donors (Lipinski definition) is 2. The van der Waals surface area contributed by atoms with Crippen LogP contribution in [0.1, 0.15) is 13.3 Å². The van der Waals surface area contributed by atoms with E-state index in [0.717, 1.165) is 13.1 Å². The lowest BCUT2D eigenvalue weighted by atomic mass is 10.2. The number of methoxy groups -OCH3 is 1. The number of rotatable bonds is 7. The molecule has 9 nitrogen and oxygen atoms in total. The number of sulfonamides is 1. The Kier molecular flexibility index (Phi) is 8.60. The maximum atomic E-state index is 12.6. The molecule has 1 aliphatic rings. The second kappa shape index (κ2) is 10.9. The molecule has 1 aromatic carbocycles. The first kappa shape index (κ1) is 22.8. The minimum Gasteiger partial charge on any atom is -0.468 e. The van der Waals surface area contributed by atoms with Crippen molar-refractivity contribution in [3.8, 4) is 11.8 Å². The summed E-state index contributed by atoms with van der Waals surface area (Å²) >= 11 is 0. The van der Waals surface area contributed by atoms with Crippen molar-refractivity contribution in [1.29, 1.82) is 0 Å². The number of morpholine rings is 1. The summed E-state index contributed by atoms with van der Waals surface area (Å²) in [7, 11) is -2.79. The summed E-state index contributed by atoms with van der Waals surface area (Å²) in [4.78, 5) is 25.1. The van der Waals surface area contributed by atoms with Crippen molar-refractivity contribution in [3.05, 3.63) is 24.3 Å². The average Bonchev–Trinajstić information content (AvgIpc) is 2.70. The SMILES string of the molecule is COC(=O)C(CC#CCN1CCOCC1)NS(=O)(=O)c1ccc(NC(C)=O)cc1. The number of carbonyl (C=O) groups is 2. The smallest absolute Gasteiger partial charge is 0.324 e. The van der Waals surface area contributed by atoms with E-state index in [0.29, 0.717) is 25.4 Å². The summed E-state index contributed by atoms with van der Waals surface area (Å²) in [5, 5.41) is 2.55. The van der Waals surface area contributed by atoms with Crippen molar-refractivity contribution in [2.24, 2.45) is 0 Å². The van der Waals surface area contributed by atoms with Crippen molar-refractivity contribution >= 4 is 27.6 Å². The van der Waals surface area contributed by atoms with Crippen LogP contribution in [-0.2, 0) is 29.1 Å². The molecule has 0 saturated carbocycles. The van der Waals surface area contributed by atoms with Crippen LogP contribution >= 0.6 is 0 Å². The van der Waals surface area contributed by atoms with Crippen molar-refractivity contribution < 1.29 is 27.5 Å². The lowest BCUT2D eigenvalue weighted by molar-refractivity contribution is -0.142. The zero-order valence-corrected chi connectivity index (χ0v) is 17.3. The first-order valence-corrected chi connectivity index (χ1v) is 10.5. The Hall–Kier alpha value is -2.45. The molecule has 1 heterocycles. The third-order valence-electron chi connectivity index (χ3n) is 4.11. The van der Waals surface area contributed by atoms with E-state index in [4.69, 9.17) is 9.47 Å². The fraction of sp³-hybridized carbons (Fsp3) is 0.474. The molecule has 1 unspecified atom stereocenters. The van der Waals surface area contributed by atoms with Gasteiger partial charge in [0.2, 0.25) is 15.9 Å². The molecule has 0 spiro atoms. The summed E-state index contributed by atoms with van der Waals surface area (Å²) in [5.74, 6) is 4.82. The zero-order valence-electron chi connectivity index (χ0n) is 16.4. The van der Waals surface area contributed by atoms with Crippen molar-refractivity contribution in [2.45, 2.75) is 24.3 Å². The predicted molar refractivity (Wildman–Crippen MR) is 107 cm³/mol. The summed E-state index contributed by atoms with van der Waals surface area (Å²) < 4.78 is 37.5. The normalized spacial score (nSPS) is 15.7. The molecule has 1 aliphatic heterocycles. The van der Waals surface area contributed by atoms with Gasteiger partial charge in [-0.3, -0.25) is 14.5 Å². The van der Waals surface area contributed by atoms with E-state index in [1.165, 1.54) is 38.3 Å². The molecule has 29 heavy (non-hydrogen) atoms. The maximum absolute atomic E-state index is 12.6. The molecule has 10 heteroatoms. The molecule has 1 fully saturated rings. The zero-order chi connectivity index (χ0) is 21.3. The number of amides is 1. The van der Waals surface area contributed by atoms with Gasteiger partial charge in [0.25, 0.3) is 0 Å². The molecule has 0 radical (unpaired) electrons. The molecule has 1 amide bonds. The van der Waals surface area contributed by atoms with Crippen LogP contribution in [0, 0.1) is 11.8 Å². The number of esters is 1. The van der Waals surface area contributed by atoms with Gasteiger partial charge in [-0.15, -0.1) is 0 Å². The fourth-order valence-electron chi connectivity index (χ4n) is 2.59. The number of hydrogen-bond acceptors (Lipinski definition) is 7. The Morgan fingerprint density at radius 1 is 1.21 bits per heavy atom. The lowest BCUT2D eigenvalue weighted by Gasteiger charge is -2.24. The average molecular weight is 423 g/mol. The molecule has 2 rings (SSSR count). The van der Waals surface area contributed by atoms with E-state index in [-0.39, 0.29) is 17.2 Å². The van der Waals surface area contributed by atoms with E-state index in [1.54, 1.807) is 0 Å². The van der Waals surface area contributed by atoms with Gasteiger partial charge in [0.1, 0.15) is 6.04 Å². The molecular formula is C19H25N3O6S. The second-order valence-corrected chi connectivity index (χ2v) is 8.06. The molecule has 2 N–H and O–H groups in total. The van der Waals surface area contributed by atoms with E-state index in [1.807, 2.05) is 0 Å². The monoisotopic (exact) mass is 423 g/mol. The Balaban J connectivity index is 2.02. The highest BCUT2D eigenvalue weighted by atomic mass is 32.2. The van der Waals surface area contributed by atoms with Crippen LogP contribution in [0.25, 0.3) is 0 Å². The second-order valence-electron chi connectivity index (χ2n) is 6.35. The number of nitrogens with zero attached hydrogens (tertiary/aromatic N) is 1. The van der Waals surface area contributed by atoms with Crippen LogP contribution in [0.2, 0.25) is 0 Å². The summed E-state index contributed by atoms with van der Waals surface area (Å²) in [6.07, 6.45) is -0.0137. The van der Waals surface area contributed by atoms with Crippen LogP contribution in [0.4, 0.5) is 5.69 Å². The number of benzene rings is 1.